The minimum Gasteiger partial charge on any atom is -0.333 e. The molecule has 2 rings (SSSR count). The van der Waals surface area contributed by atoms with Gasteiger partial charge in [-0.3, -0.25) is 0 Å². The van der Waals surface area contributed by atoms with Gasteiger partial charge >= 0.3 is 0 Å². The standard InChI is InChI=1S/C16H22NO4PS2/c1-3-20-22(21-4-2)15(13-14-9-6-5-7-10-14)17-24(18,19)16-11-8-12-23-16/h5-12,15,17H,3-4,13H2,1-2H3. The molecule has 0 aliphatic carbocycles. The number of benzene rings is 1. The number of hydrogen-bond donors (Lipinski definition) is 1. The van der Waals surface area contributed by atoms with Gasteiger partial charge in [0.05, 0.1) is 19.0 Å². The Balaban J connectivity index is 2.24. The molecular weight excluding hydrogens is 365 g/mol. The molecule has 0 aliphatic rings. The van der Waals surface area contributed by atoms with E-state index in [2.05, 4.69) is 4.72 Å². The van der Waals surface area contributed by atoms with Crippen molar-refractivity contribution in [3.63, 3.8) is 0 Å². The summed E-state index contributed by atoms with van der Waals surface area (Å²) in [5.41, 5.74) is 1.03. The zero-order chi connectivity index (χ0) is 17.4. The van der Waals surface area contributed by atoms with E-state index in [1.54, 1.807) is 17.5 Å². The van der Waals surface area contributed by atoms with E-state index in [9.17, 15) is 8.42 Å². The molecule has 0 spiro atoms. The fourth-order valence-electron chi connectivity index (χ4n) is 2.12. The van der Waals surface area contributed by atoms with E-state index in [0.717, 1.165) is 5.56 Å². The number of nitrogens with one attached hydrogen (secondary N) is 1. The average molecular weight is 387 g/mol. The minimum absolute atomic E-state index is 0.295. The third-order valence-corrected chi connectivity index (χ3v) is 7.98. The molecule has 1 unspecified atom stereocenters. The summed E-state index contributed by atoms with van der Waals surface area (Å²) in [4.78, 5) is 0. The summed E-state index contributed by atoms with van der Waals surface area (Å²) >= 11 is 1.19. The molecule has 1 aromatic heterocycles. The molecule has 5 nitrogen and oxygen atoms in total. The van der Waals surface area contributed by atoms with Crippen molar-refractivity contribution in [1.82, 2.24) is 4.72 Å². The fraction of sp³-hybridized carbons (Fsp3) is 0.375. The Morgan fingerprint density at radius 2 is 1.75 bits per heavy atom. The first-order valence-corrected chi connectivity index (χ1v) is 11.3. The summed E-state index contributed by atoms with van der Waals surface area (Å²) in [5.74, 6) is -0.450. The van der Waals surface area contributed by atoms with Crippen molar-refractivity contribution < 1.29 is 17.5 Å². The van der Waals surface area contributed by atoms with E-state index in [-0.39, 0.29) is 0 Å². The molecule has 1 heterocycles. The lowest BCUT2D eigenvalue weighted by molar-refractivity contribution is 0.260. The van der Waals surface area contributed by atoms with Crippen molar-refractivity contribution in [2.45, 2.75) is 30.3 Å². The first-order chi connectivity index (χ1) is 11.6. The smallest absolute Gasteiger partial charge is 0.250 e. The Kier molecular flexibility index (Phi) is 7.81. The van der Waals surface area contributed by atoms with Gasteiger partial charge in [0, 0.05) is 0 Å². The van der Waals surface area contributed by atoms with Gasteiger partial charge in [-0.25, -0.2) is 8.42 Å². The minimum atomic E-state index is -3.59. The summed E-state index contributed by atoms with van der Waals surface area (Å²) in [6, 6.07) is 13.1. The van der Waals surface area contributed by atoms with E-state index in [4.69, 9.17) is 9.05 Å². The van der Waals surface area contributed by atoms with Gasteiger partial charge in [-0.2, -0.15) is 4.72 Å². The highest BCUT2D eigenvalue weighted by molar-refractivity contribution is 7.91. The van der Waals surface area contributed by atoms with Gasteiger partial charge < -0.3 is 9.05 Å². The summed E-state index contributed by atoms with van der Waals surface area (Å²) in [5, 5.41) is 1.74. The Labute approximate surface area is 149 Å². The summed E-state index contributed by atoms with van der Waals surface area (Å²) in [7, 11) is -4.97. The molecular formula is C16H22NO4PS2. The monoisotopic (exact) mass is 387 g/mol. The molecule has 24 heavy (non-hydrogen) atoms. The van der Waals surface area contributed by atoms with Gasteiger partial charge in [-0.05, 0) is 37.3 Å². The zero-order valence-corrected chi connectivity index (χ0v) is 16.2. The summed E-state index contributed by atoms with van der Waals surface area (Å²) < 4.78 is 39.7. The van der Waals surface area contributed by atoms with Crippen LogP contribution in [0.15, 0.2) is 52.1 Å². The second-order valence-electron chi connectivity index (χ2n) is 4.88. The van der Waals surface area contributed by atoms with Crippen molar-refractivity contribution in [1.29, 1.82) is 0 Å². The summed E-state index contributed by atoms with van der Waals surface area (Å²) in [6.45, 7) is 4.69. The molecule has 8 heteroatoms. The maximum Gasteiger partial charge on any atom is 0.250 e. The fourth-order valence-corrected chi connectivity index (χ4v) is 6.27. The van der Waals surface area contributed by atoms with Crippen molar-refractivity contribution in [3.8, 4) is 0 Å². The SMILES string of the molecule is CCOP(OCC)C(Cc1ccccc1)NS(=O)(=O)c1cccs1. The second-order valence-corrected chi connectivity index (χ2v) is 9.48. The van der Waals surface area contributed by atoms with Crippen LogP contribution in [0.25, 0.3) is 0 Å². The molecule has 0 fully saturated rings. The first-order valence-electron chi connectivity index (χ1n) is 7.71. The van der Waals surface area contributed by atoms with Gasteiger partial charge in [0.25, 0.3) is 10.0 Å². The van der Waals surface area contributed by atoms with Crippen LogP contribution in [0, 0.1) is 0 Å². The predicted molar refractivity (Wildman–Crippen MR) is 98.7 cm³/mol. The molecule has 0 aliphatic heterocycles. The van der Waals surface area contributed by atoms with Gasteiger partial charge in [0.15, 0.2) is 8.38 Å². The molecule has 0 amide bonds. The number of hydrogen-bond acceptors (Lipinski definition) is 5. The van der Waals surface area contributed by atoms with Crippen LogP contribution < -0.4 is 4.72 Å². The third-order valence-electron chi connectivity index (χ3n) is 3.09. The van der Waals surface area contributed by atoms with Crippen LogP contribution in [0.5, 0.6) is 0 Å². The maximum absolute atomic E-state index is 12.6. The van der Waals surface area contributed by atoms with Gasteiger partial charge in [-0.1, -0.05) is 36.4 Å². The van der Waals surface area contributed by atoms with E-state index < -0.39 is 24.2 Å². The Hall–Kier alpha value is -0.820. The Bertz CT molecular complexity index is 686. The largest absolute Gasteiger partial charge is 0.333 e. The van der Waals surface area contributed by atoms with Crippen LogP contribution in [0.4, 0.5) is 0 Å². The van der Waals surface area contributed by atoms with Crippen molar-refractivity contribution >= 4 is 29.7 Å². The highest BCUT2D eigenvalue weighted by Crippen LogP contribution is 2.44. The average Bonchev–Trinajstić information content (AvgIpc) is 3.10. The number of thiophene rings is 1. The molecule has 2 aromatic rings. The van der Waals surface area contributed by atoms with Gasteiger partial charge in [0.1, 0.15) is 4.21 Å². The highest BCUT2D eigenvalue weighted by Gasteiger charge is 2.29. The second kappa shape index (κ2) is 9.61. The molecule has 1 N–H and O–H groups in total. The molecule has 1 aromatic carbocycles. The molecule has 0 bridgehead atoms. The van der Waals surface area contributed by atoms with Crippen LogP contribution in [0.1, 0.15) is 19.4 Å². The number of rotatable bonds is 10. The van der Waals surface area contributed by atoms with Crippen LogP contribution >= 0.6 is 19.7 Å². The Morgan fingerprint density at radius 3 is 2.29 bits per heavy atom. The molecule has 1 atom stereocenters. The lowest BCUT2D eigenvalue weighted by Gasteiger charge is -2.26. The third kappa shape index (κ3) is 5.62. The zero-order valence-electron chi connectivity index (χ0n) is 13.7. The maximum atomic E-state index is 12.6. The number of sulfonamides is 1. The lowest BCUT2D eigenvalue weighted by atomic mass is 10.1. The van der Waals surface area contributed by atoms with Gasteiger partial charge in [-0.15, -0.1) is 11.3 Å². The van der Waals surface area contributed by atoms with Gasteiger partial charge in [0.2, 0.25) is 0 Å². The Morgan fingerprint density at radius 1 is 1.08 bits per heavy atom. The van der Waals surface area contributed by atoms with E-state index in [1.165, 1.54) is 11.3 Å². The quantitative estimate of drug-likeness (QED) is 0.627. The molecule has 132 valence electrons. The van der Waals surface area contributed by atoms with Crippen molar-refractivity contribution in [2.75, 3.05) is 13.2 Å². The highest BCUT2D eigenvalue weighted by atomic mass is 32.2. The normalized spacial score (nSPS) is 13.3. The predicted octanol–water partition coefficient (Wildman–Crippen LogP) is 3.98. The van der Waals surface area contributed by atoms with Crippen LogP contribution in [0.3, 0.4) is 0 Å². The van der Waals surface area contributed by atoms with E-state index in [1.807, 2.05) is 44.2 Å². The molecule has 0 saturated heterocycles. The first kappa shape index (κ1) is 19.5. The lowest BCUT2D eigenvalue weighted by Crippen LogP contribution is -2.35. The van der Waals surface area contributed by atoms with Crippen LogP contribution in [0.2, 0.25) is 0 Å². The topological polar surface area (TPSA) is 64.6 Å². The van der Waals surface area contributed by atoms with Crippen molar-refractivity contribution in [2.24, 2.45) is 0 Å². The van der Waals surface area contributed by atoms with E-state index >= 15 is 0 Å². The van der Waals surface area contributed by atoms with Crippen LogP contribution in [-0.4, -0.2) is 27.4 Å². The molecule has 0 radical (unpaired) electrons. The summed E-state index contributed by atoms with van der Waals surface area (Å²) in [6.07, 6.45) is 0.511. The van der Waals surface area contributed by atoms with Crippen molar-refractivity contribution in [3.05, 3.63) is 53.4 Å². The molecule has 0 saturated carbocycles. The van der Waals surface area contributed by atoms with E-state index in [0.29, 0.717) is 23.8 Å². The van der Waals surface area contributed by atoms with Crippen LogP contribution in [-0.2, 0) is 25.5 Å².